The van der Waals surface area contributed by atoms with Crippen LogP contribution in [0, 0.1) is 5.92 Å². The van der Waals surface area contributed by atoms with Gasteiger partial charge in [-0.25, -0.2) is 9.97 Å². The SMILES string of the molecule is CC1=C(n2c(N)c(C(N)=O)c3nc(C(C)C)cnc32)[C@H](C)CC=C1O. The fraction of sp³-hybridized carbons (Fsp3) is 0.389. The fourth-order valence-electron chi connectivity index (χ4n) is 3.28. The zero-order valence-electron chi connectivity index (χ0n) is 14.9. The molecule has 5 N–H and O–H groups in total. The molecule has 132 valence electrons. The summed E-state index contributed by atoms with van der Waals surface area (Å²) in [4.78, 5) is 21.1. The van der Waals surface area contributed by atoms with Crippen molar-refractivity contribution in [3.63, 3.8) is 0 Å². The first kappa shape index (κ1) is 17.0. The van der Waals surface area contributed by atoms with Crippen LogP contribution in [0.1, 0.15) is 56.1 Å². The maximum Gasteiger partial charge on any atom is 0.254 e. The van der Waals surface area contributed by atoms with Crippen molar-refractivity contribution in [3.05, 3.63) is 34.9 Å². The maximum absolute atomic E-state index is 12.0. The van der Waals surface area contributed by atoms with Crippen LogP contribution in [-0.4, -0.2) is 25.5 Å². The number of aliphatic hydroxyl groups is 1. The molecular formula is C18H23N5O2. The van der Waals surface area contributed by atoms with Crippen LogP contribution in [-0.2, 0) is 0 Å². The molecule has 2 aromatic rings. The van der Waals surface area contributed by atoms with Crippen molar-refractivity contribution in [2.75, 3.05) is 5.73 Å². The molecule has 0 fully saturated rings. The summed E-state index contributed by atoms with van der Waals surface area (Å²) < 4.78 is 1.70. The van der Waals surface area contributed by atoms with Crippen LogP contribution in [0.25, 0.3) is 16.9 Å². The summed E-state index contributed by atoms with van der Waals surface area (Å²) >= 11 is 0. The first-order chi connectivity index (χ1) is 11.7. The van der Waals surface area contributed by atoms with E-state index in [1.807, 2.05) is 27.7 Å². The van der Waals surface area contributed by atoms with E-state index in [0.717, 1.165) is 11.4 Å². The molecule has 0 unspecified atom stereocenters. The highest BCUT2D eigenvalue weighted by Crippen LogP contribution is 2.38. The summed E-state index contributed by atoms with van der Waals surface area (Å²) in [7, 11) is 0. The zero-order valence-corrected chi connectivity index (χ0v) is 14.9. The Hall–Kier alpha value is -2.83. The Bertz CT molecular complexity index is 937. The molecule has 0 saturated carbocycles. The van der Waals surface area contributed by atoms with Crippen molar-refractivity contribution in [2.24, 2.45) is 11.7 Å². The predicted octanol–water partition coefficient (Wildman–Crippen LogP) is 2.95. The lowest BCUT2D eigenvalue weighted by Gasteiger charge is -2.24. The number of nitrogens with two attached hydrogens (primary N) is 2. The molecule has 2 aromatic heterocycles. The summed E-state index contributed by atoms with van der Waals surface area (Å²) in [5.41, 5.74) is 15.2. The lowest BCUT2D eigenvalue weighted by Crippen LogP contribution is -2.17. The molecular weight excluding hydrogens is 318 g/mol. The number of allylic oxidation sites excluding steroid dienone is 3. The molecule has 1 atom stereocenters. The van der Waals surface area contributed by atoms with Gasteiger partial charge in [0.25, 0.3) is 5.91 Å². The average Bonchev–Trinajstić information content (AvgIpc) is 2.83. The minimum absolute atomic E-state index is 0.0982. The van der Waals surface area contributed by atoms with Crippen LogP contribution in [0.5, 0.6) is 0 Å². The number of aliphatic hydroxyl groups excluding tert-OH is 1. The van der Waals surface area contributed by atoms with Gasteiger partial charge in [-0.15, -0.1) is 0 Å². The summed E-state index contributed by atoms with van der Waals surface area (Å²) in [5, 5.41) is 10.1. The Morgan fingerprint density at radius 2 is 2.12 bits per heavy atom. The van der Waals surface area contributed by atoms with Gasteiger partial charge in [-0.3, -0.25) is 9.36 Å². The van der Waals surface area contributed by atoms with E-state index in [4.69, 9.17) is 11.5 Å². The lowest BCUT2D eigenvalue weighted by atomic mass is 9.93. The number of aromatic nitrogens is 3. The Balaban J connectivity index is 2.41. The molecule has 1 aliphatic carbocycles. The normalized spacial score (nSPS) is 18.1. The molecule has 0 aromatic carbocycles. The third kappa shape index (κ3) is 2.56. The monoisotopic (exact) mass is 341 g/mol. The van der Waals surface area contributed by atoms with Crippen molar-refractivity contribution >= 4 is 28.6 Å². The number of rotatable bonds is 3. The minimum Gasteiger partial charge on any atom is -0.508 e. The molecule has 2 heterocycles. The number of fused-ring (bicyclic) bond motifs is 1. The quantitative estimate of drug-likeness (QED) is 0.792. The summed E-state index contributed by atoms with van der Waals surface area (Å²) in [5.74, 6) is 0.0313. The van der Waals surface area contributed by atoms with Gasteiger partial charge in [-0.05, 0) is 25.3 Å². The van der Waals surface area contributed by atoms with Gasteiger partial charge in [0.05, 0.1) is 11.9 Å². The summed E-state index contributed by atoms with van der Waals surface area (Å²) in [6.45, 7) is 7.85. The van der Waals surface area contributed by atoms with Crippen molar-refractivity contribution in [1.82, 2.24) is 14.5 Å². The fourth-order valence-corrected chi connectivity index (χ4v) is 3.28. The Kier molecular flexibility index (Phi) is 4.02. The van der Waals surface area contributed by atoms with Crippen molar-refractivity contribution in [3.8, 4) is 0 Å². The maximum atomic E-state index is 12.0. The van der Waals surface area contributed by atoms with Crippen LogP contribution < -0.4 is 11.5 Å². The number of nitrogens with zero attached hydrogens (tertiary/aromatic N) is 3. The van der Waals surface area contributed by atoms with Crippen LogP contribution in [0.15, 0.2) is 23.6 Å². The zero-order chi connectivity index (χ0) is 18.5. The molecule has 3 rings (SSSR count). The smallest absolute Gasteiger partial charge is 0.254 e. The number of hydrogen-bond acceptors (Lipinski definition) is 5. The highest BCUT2D eigenvalue weighted by Gasteiger charge is 2.28. The number of amides is 1. The molecule has 7 heteroatoms. The highest BCUT2D eigenvalue weighted by molar-refractivity contribution is 6.10. The Morgan fingerprint density at radius 3 is 2.72 bits per heavy atom. The van der Waals surface area contributed by atoms with Gasteiger partial charge in [0.15, 0.2) is 5.65 Å². The molecule has 0 spiro atoms. The van der Waals surface area contributed by atoms with E-state index in [1.54, 1.807) is 16.8 Å². The molecule has 0 saturated heterocycles. The van der Waals surface area contributed by atoms with E-state index < -0.39 is 5.91 Å². The number of carbonyl (C=O) groups excluding carboxylic acids is 1. The molecule has 7 nitrogen and oxygen atoms in total. The Labute approximate surface area is 146 Å². The van der Waals surface area contributed by atoms with E-state index >= 15 is 0 Å². The first-order valence-corrected chi connectivity index (χ1v) is 8.31. The molecule has 0 aliphatic heterocycles. The highest BCUT2D eigenvalue weighted by atomic mass is 16.3. The van der Waals surface area contributed by atoms with E-state index in [2.05, 4.69) is 9.97 Å². The number of anilines is 1. The molecule has 1 amide bonds. The summed E-state index contributed by atoms with van der Waals surface area (Å²) in [6.07, 6.45) is 4.14. The largest absolute Gasteiger partial charge is 0.508 e. The van der Waals surface area contributed by atoms with Crippen LogP contribution in [0.4, 0.5) is 5.82 Å². The van der Waals surface area contributed by atoms with E-state index in [0.29, 0.717) is 23.2 Å². The average molecular weight is 341 g/mol. The number of nitrogen functional groups attached to an aromatic ring is 1. The van der Waals surface area contributed by atoms with E-state index in [1.165, 1.54) is 0 Å². The third-order valence-corrected chi connectivity index (χ3v) is 4.70. The van der Waals surface area contributed by atoms with Crippen molar-refractivity contribution in [2.45, 2.75) is 40.0 Å². The van der Waals surface area contributed by atoms with Crippen LogP contribution in [0.3, 0.4) is 0 Å². The topological polar surface area (TPSA) is 120 Å². The van der Waals surface area contributed by atoms with Crippen LogP contribution in [0.2, 0.25) is 0 Å². The van der Waals surface area contributed by atoms with Gasteiger partial charge in [0.2, 0.25) is 0 Å². The molecule has 1 aliphatic rings. The minimum atomic E-state index is -0.641. The third-order valence-electron chi connectivity index (χ3n) is 4.70. The number of primary amides is 1. The van der Waals surface area contributed by atoms with Crippen molar-refractivity contribution < 1.29 is 9.90 Å². The van der Waals surface area contributed by atoms with E-state index in [9.17, 15) is 9.90 Å². The van der Waals surface area contributed by atoms with Gasteiger partial charge in [0, 0.05) is 17.2 Å². The predicted molar refractivity (Wildman–Crippen MR) is 97.9 cm³/mol. The van der Waals surface area contributed by atoms with Crippen LogP contribution >= 0.6 is 0 Å². The summed E-state index contributed by atoms with van der Waals surface area (Å²) in [6, 6.07) is 0. The molecule has 0 radical (unpaired) electrons. The first-order valence-electron chi connectivity index (χ1n) is 8.31. The van der Waals surface area contributed by atoms with Gasteiger partial charge < -0.3 is 16.6 Å². The van der Waals surface area contributed by atoms with E-state index in [-0.39, 0.29) is 29.0 Å². The second kappa shape index (κ2) is 5.91. The molecule has 0 bridgehead atoms. The Morgan fingerprint density at radius 1 is 1.44 bits per heavy atom. The van der Waals surface area contributed by atoms with Crippen molar-refractivity contribution in [1.29, 1.82) is 0 Å². The second-order valence-corrected chi connectivity index (χ2v) is 6.82. The second-order valence-electron chi connectivity index (χ2n) is 6.82. The standard InChI is InChI=1S/C18H23N5O2/c1-8(2)11-7-21-18-14(22-11)13(17(20)25)16(19)23(18)15-9(3)5-6-12(24)10(15)4/h6-9,24H,5,19H2,1-4H3,(H2,20,25)/t9-/m1/s1. The van der Waals surface area contributed by atoms with Gasteiger partial charge >= 0.3 is 0 Å². The molecule has 25 heavy (non-hydrogen) atoms. The van der Waals surface area contributed by atoms with Gasteiger partial charge in [-0.1, -0.05) is 20.8 Å². The number of carbonyl (C=O) groups is 1. The lowest BCUT2D eigenvalue weighted by molar-refractivity contribution is 0.100. The van der Waals surface area contributed by atoms with Gasteiger partial charge in [-0.2, -0.15) is 0 Å². The van der Waals surface area contributed by atoms with Gasteiger partial charge in [0.1, 0.15) is 22.7 Å². The number of hydrogen-bond donors (Lipinski definition) is 3.